The van der Waals surface area contributed by atoms with Gasteiger partial charge >= 0.3 is 0 Å². The minimum absolute atomic E-state index is 0.298. The summed E-state index contributed by atoms with van der Waals surface area (Å²) < 4.78 is 0. The molecule has 1 aromatic heterocycles. The van der Waals surface area contributed by atoms with Crippen molar-refractivity contribution in [2.45, 2.75) is 91.4 Å². The van der Waals surface area contributed by atoms with E-state index in [4.69, 9.17) is 4.98 Å². The fraction of sp³-hybridized carbons (Fsp3) is 0.341. The second-order valence-electron chi connectivity index (χ2n) is 14.1. The highest BCUT2D eigenvalue weighted by Crippen LogP contribution is 2.52. The summed E-state index contributed by atoms with van der Waals surface area (Å²) in [6.45, 7) is 18.8. The van der Waals surface area contributed by atoms with Crippen molar-refractivity contribution >= 4 is 59.2 Å². The first-order valence-electron chi connectivity index (χ1n) is 16.3. The van der Waals surface area contributed by atoms with E-state index in [1.54, 1.807) is 0 Å². The van der Waals surface area contributed by atoms with Crippen LogP contribution in [0, 0.1) is 27.7 Å². The number of pyridine rings is 1. The maximum atomic E-state index is 5.59. The molecule has 1 aliphatic heterocycles. The van der Waals surface area contributed by atoms with Crippen LogP contribution in [0.5, 0.6) is 0 Å². The van der Waals surface area contributed by atoms with Crippen LogP contribution in [0.2, 0.25) is 0 Å². The molecule has 2 unspecified atom stereocenters. The summed E-state index contributed by atoms with van der Waals surface area (Å²) in [5, 5.41) is 8.29. The summed E-state index contributed by atoms with van der Waals surface area (Å²) in [7, 11) is -0.595. The molecule has 44 heavy (non-hydrogen) atoms. The molecule has 0 saturated heterocycles. The van der Waals surface area contributed by atoms with Gasteiger partial charge in [-0.2, -0.15) is 0 Å². The van der Waals surface area contributed by atoms with Gasteiger partial charge in [0.25, 0.3) is 0 Å². The topological polar surface area (TPSA) is 12.9 Å². The van der Waals surface area contributed by atoms with Crippen LogP contribution >= 0.6 is 15.8 Å². The largest absolute Gasteiger partial charge is 0.247 e. The number of aryl methyl sites for hydroxylation is 4. The van der Waals surface area contributed by atoms with Crippen LogP contribution in [0.1, 0.15) is 72.2 Å². The highest BCUT2D eigenvalue weighted by Gasteiger charge is 2.22. The normalized spacial score (nSPS) is 17.6. The van der Waals surface area contributed by atoms with Crippen LogP contribution in [0.4, 0.5) is 0 Å². The highest BCUT2D eigenvalue weighted by molar-refractivity contribution is 7.57. The van der Waals surface area contributed by atoms with E-state index in [9.17, 15) is 0 Å². The quantitative estimate of drug-likeness (QED) is 0.140. The summed E-state index contributed by atoms with van der Waals surface area (Å²) in [5.41, 5.74) is 15.0. The SMILES string of the molecule is Cc1cc2c3cc4c(cc(C)cc4cc3c1)CP(C(C)C)Cc1cc(C)cc3cc4cc(C)cc(c4nc13)CP(C(C)C)C2. The van der Waals surface area contributed by atoms with E-state index >= 15 is 0 Å². The standard InChI is InChI=1S/C41H45NP2/c1-24(2)43-20-34-13-26(5)9-30-17-31-10-27(6)14-35(39(31)19-38(30)34)21-44(25(3)4)23-37-16-29(8)12-33-18-32-11-28(7)15-36(22-43)40(32)42-41(33)37/h9-19,24-25H,20-23H2,1-8H3. The highest BCUT2D eigenvalue weighted by atomic mass is 31.1. The molecule has 224 valence electrons. The third-order valence-electron chi connectivity index (χ3n) is 9.70. The maximum absolute atomic E-state index is 5.59. The van der Waals surface area contributed by atoms with E-state index in [2.05, 4.69) is 122 Å². The van der Waals surface area contributed by atoms with Gasteiger partial charge in [-0.1, -0.05) is 102 Å². The second-order valence-corrected chi connectivity index (χ2v) is 19.8. The predicted octanol–water partition coefficient (Wildman–Crippen LogP) is 12.4. The number of nitrogens with zero attached hydrogens (tertiary/aromatic N) is 1. The minimum Gasteiger partial charge on any atom is -0.247 e. The first kappa shape index (κ1) is 29.8. The second kappa shape index (κ2) is 11.5. The van der Waals surface area contributed by atoms with Gasteiger partial charge in [0.15, 0.2) is 0 Å². The lowest BCUT2D eigenvalue weighted by Gasteiger charge is -2.26. The van der Waals surface area contributed by atoms with Gasteiger partial charge in [0, 0.05) is 10.8 Å². The Kier molecular flexibility index (Phi) is 7.80. The summed E-state index contributed by atoms with van der Waals surface area (Å²) in [5.74, 6) is 0. The number of hydrogen-bond donors (Lipinski definition) is 0. The Bertz CT molecular complexity index is 1800. The predicted molar refractivity (Wildman–Crippen MR) is 199 cm³/mol. The van der Waals surface area contributed by atoms with Gasteiger partial charge in [0.2, 0.25) is 0 Å². The molecule has 0 radical (unpaired) electrons. The van der Waals surface area contributed by atoms with Crippen molar-refractivity contribution < 1.29 is 0 Å². The van der Waals surface area contributed by atoms with Crippen molar-refractivity contribution in [3.05, 3.63) is 111 Å². The minimum atomic E-state index is -0.298. The van der Waals surface area contributed by atoms with Crippen molar-refractivity contribution in [2.24, 2.45) is 0 Å². The van der Waals surface area contributed by atoms with Crippen LogP contribution in [-0.2, 0) is 24.6 Å². The van der Waals surface area contributed by atoms with Crippen molar-refractivity contribution in [3.63, 3.8) is 0 Å². The molecule has 2 heterocycles. The van der Waals surface area contributed by atoms with Crippen LogP contribution in [0.3, 0.4) is 0 Å². The molecular formula is C41H45NP2. The zero-order chi connectivity index (χ0) is 30.9. The average Bonchev–Trinajstić information content (AvgIpc) is 2.93. The smallest absolute Gasteiger partial charge is 0.0745 e. The summed E-state index contributed by atoms with van der Waals surface area (Å²) in [4.78, 5) is 5.59. The molecule has 1 nitrogen and oxygen atoms in total. The molecule has 6 aromatic rings. The van der Waals surface area contributed by atoms with Gasteiger partial charge in [0.05, 0.1) is 11.0 Å². The summed E-state index contributed by atoms with van der Waals surface area (Å²) in [6.07, 6.45) is 4.50. The lowest BCUT2D eigenvalue weighted by Crippen LogP contribution is -2.04. The van der Waals surface area contributed by atoms with E-state index in [1.807, 2.05) is 0 Å². The molecule has 0 aliphatic carbocycles. The van der Waals surface area contributed by atoms with E-state index in [0.717, 1.165) is 24.6 Å². The van der Waals surface area contributed by atoms with Crippen molar-refractivity contribution in [1.82, 2.24) is 4.98 Å². The Balaban J connectivity index is 1.54. The van der Waals surface area contributed by atoms with E-state index in [-0.39, 0.29) is 15.8 Å². The van der Waals surface area contributed by atoms with Crippen LogP contribution in [0.15, 0.2) is 66.7 Å². The third kappa shape index (κ3) is 5.57. The van der Waals surface area contributed by atoms with Crippen LogP contribution in [0.25, 0.3) is 43.4 Å². The summed E-state index contributed by atoms with van der Waals surface area (Å²) >= 11 is 0. The Morgan fingerprint density at radius 2 is 0.773 bits per heavy atom. The Hall–Kier alpha value is -2.85. The number of aromatic nitrogens is 1. The van der Waals surface area contributed by atoms with Gasteiger partial charge in [-0.15, -0.1) is 0 Å². The van der Waals surface area contributed by atoms with Crippen molar-refractivity contribution in [1.29, 1.82) is 0 Å². The van der Waals surface area contributed by atoms with Gasteiger partial charge in [-0.05, 0) is 138 Å². The fourth-order valence-corrected chi connectivity index (χ4v) is 11.9. The Labute approximate surface area is 266 Å². The molecule has 3 heteroatoms. The first-order chi connectivity index (χ1) is 21.0. The molecule has 4 bridgehead atoms. The molecular weight excluding hydrogens is 568 g/mol. The molecule has 0 N–H and O–H groups in total. The molecule has 0 spiro atoms. The molecule has 0 amide bonds. The zero-order valence-corrected chi connectivity index (χ0v) is 29.5. The van der Waals surface area contributed by atoms with Gasteiger partial charge in [0.1, 0.15) is 0 Å². The Morgan fingerprint density at radius 1 is 0.432 bits per heavy atom. The monoisotopic (exact) mass is 613 g/mol. The molecule has 7 rings (SSSR count). The lowest BCUT2D eigenvalue weighted by molar-refractivity contribution is 1.06. The molecule has 0 saturated carbocycles. The Morgan fingerprint density at radius 3 is 1.18 bits per heavy atom. The van der Waals surface area contributed by atoms with Gasteiger partial charge in [-0.25, -0.2) is 4.98 Å². The zero-order valence-electron chi connectivity index (χ0n) is 27.7. The number of benzene rings is 5. The van der Waals surface area contributed by atoms with E-state index in [1.165, 1.54) is 87.9 Å². The molecule has 0 fully saturated rings. The fourth-order valence-electron chi connectivity index (χ4n) is 7.47. The van der Waals surface area contributed by atoms with E-state index in [0.29, 0.717) is 11.3 Å². The first-order valence-corrected chi connectivity index (χ1v) is 19.9. The number of hydrogen-bond acceptors (Lipinski definition) is 1. The van der Waals surface area contributed by atoms with Crippen molar-refractivity contribution in [3.8, 4) is 0 Å². The van der Waals surface area contributed by atoms with E-state index < -0.39 is 0 Å². The molecule has 5 aromatic carbocycles. The number of rotatable bonds is 2. The van der Waals surface area contributed by atoms with Gasteiger partial charge < -0.3 is 0 Å². The van der Waals surface area contributed by atoms with Crippen molar-refractivity contribution in [2.75, 3.05) is 0 Å². The average molecular weight is 614 g/mol. The lowest BCUT2D eigenvalue weighted by atomic mass is 9.95. The van der Waals surface area contributed by atoms with Crippen LogP contribution < -0.4 is 0 Å². The summed E-state index contributed by atoms with van der Waals surface area (Å²) in [6, 6.07) is 26.8. The third-order valence-corrected chi connectivity index (χ3v) is 15.6. The molecule has 2 atom stereocenters. The maximum Gasteiger partial charge on any atom is 0.0745 e. The van der Waals surface area contributed by atoms with Crippen LogP contribution in [-0.4, -0.2) is 16.3 Å². The van der Waals surface area contributed by atoms with Gasteiger partial charge in [-0.3, -0.25) is 0 Å². The molecule has 1 aliphatic rings.